The zero-order valence-electron chi connectivity index (χ0n) is 7.03. The lowest BCUT2D eigenvalue weighted by Gasteiger charge is -2.29. The minimum atomic E-state index is -0.171. The third-order valence-corrected chi connectivity index (χ3v) is 1.82. The van der Waals surface area contributed by atoms with Crippen molar-refractivity contribution in [3.63, 3.8) is 0 Å². The number of rotatable bonds is 1. The van der Waals surface area contributed by atoms with E-state index in [0.29, 0.717) is 6.54 Å². The van der Waals surface area contributed by atoms with Crippen LogP contribution in [0.15, 0.2) is 24.5 Å². The topological polar surface area (TPSA) is 57.3 Å². The molecule has 1 aliphatic heterocycles. The summed E-state index contributed by atoms with van der Waals surface area (Å²) in [6, 6.07) is 3.57. The molecule has 0 radical (unpaired) electrons. The molecule has 2 heterocycles. The number of carbonyl (C=O) groups excluding carboxylic acids is 1. The molecule has 0 bridgehead atoms. The summed E-state index contributed by atoms with van der Waals surface area (Å²) < 4.78 is 0. The molecule has 2 rings (SSSR count). The molecule has 1 aromatic heterocycles. The molecule has 1 aromatic rings. The van der Waals surface area contributed by atoms with Gasteiger partial charge in [0.05, 0.1) is 18.4 Å². The summed E-state index contributed by atoms with van der Waals surface area (Å²) in [6.45, 7) is 1.40. The van der Waals surface area contributed by atoms with Gasteiger partial charge in [-0.25, -0.2) is 10.2 Å². The molecule has 2 N–H and O–H groups in total. The van der Waals surface area contributed by atoms with Crippen molar-refractivity contribution >= 4 is 11.7 Å². The normalized spacial score (nSPS) is 16.3. The van der Waals surface area contributed by atoms with Gasteiger partial charge in [0.15, 0.2) is 0 Å². The van der Waals surface area contributed by atoms with Crippen LogP contribution in [0.25, 0.3) is 0 Å². The number of pyridine rings is 1. The maximum Gasteiger partial charge on any atom is 0.333 e. The molecule has 0 aliphatic carbocycles. The second-order valence-electron chi connectivity index (χ2n) is 2.73. The van der Waals surface area contributed by atoms with Crippen molar-refractivity contribution in [2.24, 2.45) is 0 Å². The highest BCUT2D eigenvalue weighted by Crippen LogP contribution is 2.09. The first-order chi connectivity index (χ1) is 6.36. The summed E-state index contributed by atoms with van der Waals surface area (Å²) in [7, 11) is 0. The van der Waals surface area contributed by atoms with Crippen molar-refractivity contribution < 1.29 is 4.79 Å². The Morgan fingerprint density at radius 3 is 3.15 bits per heavy atom. The van der Waals surface area contributed by atoms with Gasteiger partial charge < -0.3 is 5.32 Å². The number of aromatic nitrogens is 1. The zero-order valence-corrected chi connectivity index (χ0v) is 7.03. The Morgan fingerprint density at radius 2 is 2.46 bits per heavy atom. The number of nitrogens with zero attached hydrogens (tertiary/aromatic N) is 2. The lowest BCUT2D eigenvalue weighted by atomic mass is 10.4. The van der Waals surface area contributed by atoms with Crippen LogP contribution < -0.4 is 15.8 Å². The van der Waals surface area contributed by atoms with Crippen molar-refractivity contribution in [2.75, 3.05) is 18.1 Å². The molecule has 1 saturated heterocycles. The minimum Gasteiger partial charge on any atom is -0.335 e. The Bertz CT molecular complexity index is 300. The van der Waals surface area contributed by atoms with Crippen LogP contribution in [0.5, 0.6) is 0 Å². The molecule has 0 spiro atoms. The predicted octanol–water partition coefficient (Wildman–Crippen LogP) is 0.116. The summed E-state index contributed by atoms with van der Waals surface area (Å²) in [6.07, 6.45) is 3.42. The van der Waals surface area contributed by atoms with Crippen LogP contribution in [0.1, 0.15) is 0 Å². The number of amides is 2. The molecular weight excluding hydrogens is 168 g/mol. The quantitative estimate of drug-likeness (QED) is 0.642. The number of anilines is 1. The fourth-order valence-electron chi connectivity index (χ4n) is 1.21. The van der Waals surface area contributed by atoms with Crippen molar-refractivity contribution in [1.29, 1.82) is 0 Å². The smallest absolute Gasteiger partial charge is 0.333 e. The lowest BCUT2D eigenvalue weighted by Crippen LogP contribution is -2.56. The van der Waals surface area contributed by atoms with Crippen LogP contribution in [-0.4, -0.2) is 24.1 Å². The van der Waals surface area contributed by atoms with Crippen LogP contribution >= 0.6 is 0 Å². The molecule has 1 aliphatic rings. The summed E-state index contributed by atoms with van der Waals surface area (Å²) in [4.78, 5) is 14.9. The third-order valence-electron chi connectivity index (χ3n) is 1.82. The third kappa shape index (κ3) is 1.69. The van der Waals surface area contributed by atoms with Gasteiger partial charge in [-0.1, -0.05) is 0 Å². The maximum atomic E-state index is 11.0. The Morgan fingerprint density at radius 1 is 1.54 bits per heavy atom. The average Bonchev–Trinajstić information content (AvgIpc) is 2.19. The van der Waals surface area contributed by atoms with E-state index in [-0.39, 0.29) is 6.03 Å². The maximum absolute atomic E-state index is 11.0. The number of nitrogens with one attached hydrogen (secondary N) is 2. The second kappa shape index (κ2) is 3.30. The van der Waals surface area contributed by atoms with E-state index in [1.165, 1.54) is 0 Å². The molecule has 1 fully saturated rings. The largest absolute Gasteiger partial charge is 0.335 e. The molecule has 0 aromatic carbocycles. The molecule has 5 heteroatoms. The number of hydrogen-bond donors (Lipinski definition) is 2. The van der Waals surface area contributed by atoms with E-state index in [2.05, 4.69) is 15.7 Å². The van der Waals surface area contributed by atoms with Gasteiger partial charge in [0, 0.05) is 12.7 Å². The summed E-state index contributed by atoms with van der Waals surface area (Å²) in [5.41, 5.74) is 3.58. The average molecular weight is 178 g/mol. The first-order valence-electron chi connectivity index (χ1n) is 4.08. The lowest BCUT2D eigenvalue weighted by molar-refractivity contribution is 0.236. The highest BCUT2D eigenvalue weighted by molar-refractivity contribution is 5.77. The zero-order chi connectivity index (χ0) is 9.10. The van der Waals surface area contributed by atoms with Crippen LogP contribution in [0, 0.1) is 0 Å². The van der Waals surface area contributed by atoms with E-state index < -0.39 is 0 Å². The molecule has 5 nitrogen and oxygen atoms in total. The highest BCUT2D eigenvalue weighted by atomic mass is 16.2. The molecule has 68 valence electrons. The molecule has 2 amide bonds. The fraction of sp³-hybridized carbons (Fsp3) is 0.250. The van der Waals surface area contributed by atoms with Crippen LogP contribution in [0.3, 0.4) is 0 Å². The van der Waals surface area contributed by atoms with Gasteiger partial charge in [-0.15, -0.1) is 0 Å². The standard InChI is InChI=1S/C8H10N4O/c13-8-10-4-5-12(11-8)7-2-1-3-9-6-7/h1-3,6H,4-5H2,(H2,10,11,13). The van der Waals surface area contributed by atoms with Gasteiger partial charge in [0.25, 0.3) is 0 Å². The van der Waals surface area contributed by atoms with Gasteiger partial charge in [-0.3, -0.25) is 9.99 Å². The SMILES string of the molecule is O=C1NCCN(c2cccnc2)N1. The number of hydrazine groups is 1. The monoisotopic (exact) mass is 178 g/mol. The van der Waals surface area contributed by atoms with Gasteiger partial charge in [-0.05, 0) is 12.1 Å². The molecule has 0 unspecified atom stereocenters. The van der Waals surface area contributed by atoms with Gasteiger partial charge in [0.2, 0.25) is 0 Å². The van der Waals surface area contributed by atoms with E-state index in [1.54, 1.807) is 17.4 Å². The van der Waals surface area contributed by atoms with Crippen molar-refractivity contribution in [2.45, 2.75) is 0 Å². The Kier molecular flexibility index (Phi) is 1.99. The van der Waals surface area contributed by atoms with E-state index in [1.807, 2.05) is 12.1 Å². The van der Waals surface area contributed by atoms with E-state index in [0.717, 1.165) is 12.2 Å². The molecule has 0 saturated carbocycles. The van der Waals surface area contributed by atoms with E-state index >= 15 is 0 Å². The summed E-state index contributed by atoms with van der Waals surface area (Å²) in [5.74, 6) is 0. The van der Waals surface area contributed by atoms with Gasteiger partial charge >= 0.3 is 6.03 Å². The molecule has 13 heavy (non-hydrogen) atoms. The number of carbonyl (C=O) groups is 1. The first-order valence-corrected chi connectivity index (χ1v) is 4.08. The fourth-order valence-corrected chi connectivity index (χ4v) is 1.21. The number of hydrogen-bond acceptors (Lipinski definition) is 3. The highest BCUT2D eigenvalue weighted by Gasteiger charge is 2.14. The van der Waals surface area contributed by atoms with E-state index in [9.17, 15) is 4.79 Å². The van der Waals surface area contributed by atoms with Gasteiger partial charge in [0.1, 0.15) is 0 Å². The van der Waals surface area contributed by atoms with Crippen molar-refractivity contribution in [3.8, 4) is 0 Å². The van der Waals surface area contributed by atoms with Crippen LogP contribution in [0.2, 0.25) is 0 Å². The first kappa shape index (κ1) is 7.85. The summed E-state index contributed by atoms with van der Waals surface area (Å²) in [5, 5.41) is 4.44. The van der Waals surface area contributed by atoms with Crippen LogP contribution in [-0.2, 0) is 0 Å². The Balaban J connectivity index is 2.13. The van der Waals surface area contributed by atoms with E-state index in [4.69, 9.17) is 0 Å². The van der Waals surface area contributed by atoms with Crippen LogP contribution in [0.4, 0.5) is 10.5 Å². The van der Waals surface area contributed by atoms with Gasteiger partial charge in [-0.2, -0.15) is 0 Å². The second-order valence-corrected chi connectivity index (χ2v) is 2.73. The molecule has 0 atom stereocenters. The Hall–Kier alpha value is -1.78. The predicted molar refractivity (Wildman–Crippen MR) is 48.1 cm³/mol. The van der Waals surface area contributed by atoms with Crippen molar-refractivity contribution in [1.82, 2.24) is 15.7 Å². The summed E-state index contributed by atoms with van der Waals surface area (Å²) >= 11 is 0. The van der Waals surface area contributed by atoms with Crippen molar-refractivity contribution in [3.05, 3.63) is 24.5 Å². The molecular formula is C8H10N4O. The Labute approximate surface area is 75.7 Å². The number of urea groups is 1. The minimum absolute atomic E-state index is 0.171.